The van der Waals surface area contributed by atoms with E-state index in [4.69, 9.17) is 4.74 Å². The quantitative estimate of drug-likeness (QED) is 0.656. The minimum absolute atomic E-state index is 0.379. The van der Waals surface area contributed by atoms with Crippen molar-refractivity contribution in [1.29, 1.82) is 0 Å². The van der Waals surface area contributed by atoms with Crippen LogP contribution >= 0.6 is 11.3 Å². The summed E-state index contributed by atoms with van der Waals surface area (Å²) in [5.41, 5.74) is 1.30. The minimum atomic E-state index is -1.46. The average molecular weight is 322 g/mol. The van der Waals surface area contributed by atoms with Crippen molar-refractivity contribution in [2.75, 3.05) is 12.4 Å². The number of ether oxygens (including phenoxy) is 1. The number of carboxylic acid groups (broad SMARTS) is 1. The summed E-state index contributed by atoms with van der Waals surface area (Å²) in [6, 6.07) is 0. The van der Waals surface area contributed by atoms with Crippen LogP contribution in [0, 0.1) is 5.92 Å². The fourth-order valence-corrected chi connectivity index (χ4v) is 3.86. The lowest BCUT2D eigenvalue weighted by atomic mass is 9.88. The van der Waals surface area contributed by atoms with Gasteiger partial charge in [0, 0.05) is 11.0 Å². The summed E-state index contributed by atoms with van der Waals surface area (Å²) in [6.45, 7) is 2.14. The highest BCUT2D eigenvalue weighted by atomic mass is 32.1. The van der Waals surface area contributed by atoms with Crippen LogP contribution in [0.1, 0.15) is 34.1 Å². The van der Waals surface area contributed by atoms with Crippen LogP contribution in [0.4, 0.5) is 5.00 Å². The summed E-state index contributed by atoms with van der Waals surface area (Å²) in [6.07, 6.45) is 4.10. The Labute approximate surface area is 131 Å². The molecule has 7 heteroatoms. The SMILES string of the molecule is COC(=O)c1c(NC(=O)C=CC(=O)[O-])sc2c1CC[C@@H](C)C2. The number of carboxylic acids is 1. The fourth-order valence-electron chi connectivity index (χ4n) is 2.45. The first-order valence-corrected chi connectivity index (χ1v) is 7.67. The molecule has 0 bridgehead atoms. The molecule has 0 saturated heterocycles. The molecule has 0 saturated carbocycles. The molecule has 0 unspecified atom stereocenters. The maximum atomic E-state index is 12.0. The van der Waals surface area contributed by atoms with E-state index in [1.54, 1.807) is 0 Å². The van der Waals surface area contributed by atoms with Crippen molar-refractivity contribution in [3.05, 3.63) is 28.2 Å². The number of amides is 1. The van der Waals surface area contributed by atoms with Gasteiger partial charge in [-0.05, 0) is 36.8 Å². The lowest BCUT2D eigenvalue weighted by molar-refractivity contribution is -0.297. The van der Waals surface area contributed by atoms with E-state index in [1.165, 1.54) is 18.4 Å². The molecule has 0 spiro atoms. The highest BCUT2D eigenvalue weighted by Gasteiger charge is 2.28. The van der Waals surface area contributed by atoms with Crippen molar-refractivity contribution in [2.24, 2.45) is 5.92 Å². The number of esters is 1. The highest BCUT2D eigenvalue weighted by molar-refractivity contribution is 7.17. The molecule has 1 aliphatic carbocycles. The van der Waals surface area contributed by atoms with E-state index in [2.05, 4.69) is 12.2 Å². The van der Waals surface area contributed by atoms with Crippen molar-refractivity contribution >= 4 is 34.2 Å². The van der Waals surface area contributed by atoms with E-state index in [0.717, 1.165) is 35.8 Å². The molecule has 1 heterocycles. The van der Waals surface area contributed by atoms with Crippen molar-refractivity contribution in [3.8, 4) is 0 Å². The summed E-state index contributed by atoms with van der Waals surface area (Å²) in [5, 5.41) is 13.3. The van der Waals surface area contributed by atoms with Crippen molar-refractivity contribution in [1.82, 2.24) is 0 Å². The minimum Gasteiger partial charge on any atom is -0.545 e. The summed E-state index contributed by atoms with van der Waals surface area (Å²) in [7, 11) is 1.29. The molecule has 0 radical (unpaired) electrons. The zero-order chi connectivity index (χ0) is 16.3. The van der Waals surface area contributed by atoms with Gasteiger partial charge in [0.15, 0.2) is 0 Å². The number of fused-ring (bicyclic) bond motifs is 1. The molecule has 6 nitrogen and oxygen atoms in total. The Kier molecular flexibility index (Phi) is 4.97. The number of thiophene rings is 1. The molecule has 1 N–H and O–H groups in total. The van der Waals surface area contributed by atoms with Crippen LogP contribution < -0.4 is 10.4 Å². The molecule has 118 valence electrons. The summed E-state index contributed by atoms with van der Waals surface area (Å²) >= 11 is 1.34. The Morgan fingerprint density at radius 3 is 2.73 bits per heavy atom. The second-order valence-corrected chi connectivity index (χ2v) is 6.29. The van der Waals surface area contributed by atoms with Gasteiger partial charge in [-0.3, -0.25) is 4.79 Å². The predicted octanol–water partition coefficient (Wildman–Crippen LogP) is 0.904. The van der Waals surface area contributed by atoms with Gasteiger partial charge in [-0.2, -0.15) is 0 Å². The molecule has 0 fully saturated rings. The van der Waals surface area contributed by atoms with Crippen LogP contribution in [-0.2, 0) is 27.2 Å². The molecular formula is C15H16NO5S-. The number of anilines is 1. The second kappa shape index (κ2) is 6.74. The Bertz CT molecular complexity index is 647. The number of nitrogens with one attached hydrogen (secondary N) is 1. The normalized spacial score (nSPS) is 17.1. The van der Waals surface area contributed by atoms with Crippen LogP contribution in [0.25, 0.3) is 0 Å². The van der Waals surface area contributed by atoms with E-state index in [1.807, 2.05) is 0 Å². The van der Waals surface area contributed by atoms with Crippen molar-refractivity contribution in [2.45, 2.75) is 26.2 Å². The number of carbonyl (C=O) groups is 3. The Morgan fingerprint density at radius 1 is 1.36 bits per heavy atom. The van der Waals surface area contributed by atoms with Crippen LogP contribution in [0.2, 0.25) is 0 Å². The number of methoxy groups -OCH3 is 1. The smallest absolute Gasteiger partial charge is 0.341 e. The standard InChI is InChI=1S/C15H17NO5S/c1-8-3-4-9-10(7-8)22-14(13(9)15(20)21-2)16-11(17)5-6-12(18)19/h5-6,8H,3-4,7H2,1-2H3,(H,16,17)(H,18,19)/p-1/t8-/m1/s1. The third-order valence-electron chi connectivity index (χ3n) is 3.51. The summed E-state index contributed by atoms with van der Waals surface area (Å²) < 4.78 is 4.80. The lowest BCUT2D eigenvalue weighted by Gasteiger charge is -2.18. The van der Waals surface area contributed by atoms with Gasteiger partial charge in [-0.15, -0.1) is 11.3 Å². The fraction of sp³-hybridized carbons (Fsp3) is 0.400. The molecule has 1 atom stereocenters. The first-order valence-electron chi connectivity index (χ1n) is 6.85. The van der Waals surface area contributed by atoms with Gasteiger partial charge in [-0.1, -0.05) is 6.92 Å². The maximum Gasteiger partial charge on any atom is 0.341 e. The van der Waals surface area contributed by atoms with Gasteiger partial charge in [0.25, 0.3) is 0 Å². The molecule has 22 heavy (non-hydrogen) atoms. The van der Waals surface area contributed by atoms with Crippen LogP contribution in [0.15, 0.2) is 12.2 Å². The number of hydrogen-bond donors (Lipinski definition) is 1. The zero-order valence-corrected chi connectivity index (χ0v) is 13.1. The number of hydrogen-bond acceptors (Lipinski definition) is 6. The van der Waals surface area contributed by atoms with E-state index in [9.17, 15) is 19.5 Å². The molecule has 0 aromatic carbocycles. The second-order valence-electron chi connectivity index (χ2n) is 5.19. The molecule has 1 amide bonds. The van der Waals surface area contributed by atoms with Gasteiger partial charge < -0.3 is 20.0 Å². The highest BCUT2D eigenvalue weighted by Crippen LogP contribution is 2.39. The van der Waals surface area contributed by atoms with Crippen LogP contribution in [-0.4, -0.2) is 25.0 Å². The third-order valence-corrected chi connectivity index (χ3v) is 4.68. The molecule has 2 rings (SSSR count). The number of carbonyl (C=O) groups excluding carboxylic acids is 3. The molecule has 1 aromatic rings. The van der Waals surface area contributed by atoms with Crippen molar-refractivity contribution in [3.63, 3.8) is 0 Å². The molecular weight excluding hydrogens is 306 g/mol. The van der Waals surface area contributed by atoms with Gasteiger partial charge in [0.05, 0.1) is 18.6 Å². The first kappa shape index (κ1) is 16.2. The summed E-state index contributed by atoms with van der Waals surface area (Å²) in [5.74, 6) is -2.05. The van der Waals surface area contributed by atoms with Gasteiger partial charge >= 0.3 is 5.97 Å². The third kappa shape index (κ3) is 3.54. The average Bonchev–Trinajstić information content (AvgIpc) is 2.81. The lowest BCUT2D eigenvalue weighted by Crippen LogP contribution is -2.20. The topological polar surface area (TPSA) is 95.5 Å². The van der Waals surface area contributed by atoms with E-state index >= 15 is 0 Å². The first-order chi connectivity index (χ1) is 10.4. The Hall–Kier alpha value is -2.15. The van der Waals surface area contributed by atoms with E-state index in [0.29, 0.717) is 22.6 Å². The predicted molar refractivity (Wildman–Crippen MR) is 79.6 cm³/mol. The van der Waals surface area contributed by atoms with Gasteiger partial charge in [0.1, 0.15) is 5.00 Å². The monoisotopic (exact) mass is 322 g/mol. The maximum absolute atomic E-state index is 12.0. The molecule has 0 aliphatic heterocycles. The van der Waals surface area contributed by atoms with Crippen molar-refractivity contribution < 1.29 is 24.2 Å². The number of aliphatic carboxylic acids is 1. The Balaban J connectivity index is 2.32. The number of rotatable bonds is 4. The largest absolute Gasteiger partial charge is 0.545 e. The van der Waals surface area contributed by atoms with Crippen LogP contribution in [0.3, 0.4) is 0 Å². The van der Waals surface area contributed by atoms with E-state index < -0.39 is 17.8 Å². The van der Waals surface area contributed by atoms with E-state index in [-0.39, 0.29) is 0 Å². The summed E-state index contributed by atoms with van der Waals surface area (Å²) in [4.78, 5) is 35.1. The van der Waals surface area contributed by atoms with Gasteiger partial charge in [-0.25, -0.2) is 4.79 Å². The zero-order valence-electron chi connectivity index (χ0n) is 12.3. The van der Waals surface area contributed by atoms with Gasteiger partial charge in [0.2, 0.25) is 5.91 Å². The molecule has 1 aliphatic rings. The molecule has 1 aromatic heterocycles. The van der Waals surface area contributed by atoms with Crippen LogP contribution in [0.5, 0.6) is 0 Å². The Morgan fingerprint density at radius 2 is 2.09 bits per heavy atom.